The Morgan fingerprint density at radius 3 is 2.51 bits per heavy atom. The van der Waals surface area contributed by atoms with Gasteiger partial charge in [-0.1, -0.05) is 71.4 Å². The van der Waals surface area contributed by atoms with E-state index in [1.807, 2.05) is 65.0 Å². The molecule has 2 aromatic carbocycles. The summed E-state index contributed by atoms with van der Waals surface area (Å²) in [5.41, 5.74) is -0.146. The molecule has 0 aliphatic carbocycles. The molecule has 0 saturated carbocycles. The summed E-state index contributed by atoms with van der Waals surface area (Å²) >= 11 is 0. The van der Waals surface area contributed by atoms with E-state index in [1.165, 1.54) is 16.4 Å². The number of benzene rings is 2. The first-order valence-corrected chi connectivity index (χ1v) is 19.2. The van der Waals surface area contributed by atoms with Crippen molar-refractivity contribution in [2.75, 3.05) is 39.6 Å². The van der Waals surface area contributed by atoms with Crippen LogP contribution in [0.5, 0.6) is 11.5 Å². The van der Waals surface area contributed by atoms with Gasteiger partial charge < -0.3 is 39.4 Å². The number of alkyl carbamates (subject to hydrolysis) is 1. The normalized spacial score (nSPS) is 21.3. The van der Waals surface area contributed by atoms with E-state index in [4.69, 9.17) is 23.7 Å². The molecule has 13 nitrogen and oxygen atoms in total. The third-order valence-corrected chi connectivity index (χ3v) is 11.3. The molecule has 2 amide bonds. The molecule has 3 N–H and O–H groups in total. The number of hydrogen-bond donors (Lipinski definition) is 3. The molecule has 5 atom stereocenters. The molecule has 51 heavy (non-hydrogen) atoms. The second-order valence-electron chi connectivity index (χ2n) is 15.4. The van der Waals surface area contributed by atoms with Gasteiger partial charge >= 0.3 is 6.09 Å². The highest BCUT2D eigenvalue weighted by molar-refractivity contribution is 7.89. The van der Waals surface area contributed by atoms with Crippen molar-refractivity contribution < 1.29 is 46.8 Å². The van der Waals surface area contributed by atoms with Crippen molar-refractivity contribution in [3.63, 3.8) is 0 Å². The minimum absolute atomic E-state index is 0.00110. The number of nitrogens with zero attached hydrogens (tertiary/aromatic N) is 1. The van der Waals surface area contributed by atoms with Crippen LogP contribution in [0.1, 0.15) is 65.9 Å². The van der Waals surface area contributed by atoms with Crippen LogP contribution in [-0.4, -0.2) is 94.0 Å². The van der Waals surface area contributed by atoms with Crippen LogP contribution in [0, 0.1) is 16.7 Å². The molecular weight excluding hydrogens is 678 g/mol. The van der Waals surface area contributed by atoms with E-state index in [0.29, 0.717) is 37.5 Å². The Hall–Kier alpha value is -3.43. The smallest absolute Gasteiger partial charge is 0.407 e. The summed E-state index contributed by atoms with van der Waals surface area (Å²) in [6, 6.07) is 12.9. The fourth-order valence-corrected chi connectivity index (χ4v) is 8.21. The average molecular weight is 732 g/mol. The lowest BCUT2D eigenvalue weighted by atomic mass is 9.87. The Morgan fingerprint density at radius 1 is 1.02 bits per heavy atom. The van der Waals surface area contributed by atoms with Crippen LogP contribution in [0.4, 0.5) is 4.79 Å². The van der Waals surface area contributed by atoms with Crippen molar-refractivity contribution in [1.82, 2.24) is 14.9 Å². The van der Waals surface area contributed by atoms with Crippen LogP contribution in [0.25, 0.3) is 0 Å². The van der Waals surface area contributed by atoms with Gasteiger partial charge in [-0.25, -0.2) is 13.2 Å². The van der Waals surface area contributed by atoms with E-state index in [0.717, 1.165) is 18.4 Å². The van der Waals surface area contributed by atoms with Gasteiger partial charge in [0, 0.05) is 31.1 Å². The number of rotatable bonds is 16. The number of aliphatic hydroxyl groups excluding tert-OH is 1. The number of unbranched alkanes of at least 4 members (excludes halogenated alkanes) is 1. The highest BCUT2D eigenvalue weighted by Crippen LogP contribution is 2.36. The average Bonchev–Trinajstić information content (AvgIpc) is 3.82. The molecule has 2 fully saturated rings. The van der Waals surface area contributed by atoms with Crippen molar-refractivity contribution in [2.45, 2.75) is 96.2 Å². The lowest BCUT2D eigenvalue weighted by molar-refractivity contribution is -0.128. The van der Waals surface area contributed by atoms with Crippen molar-refractivity contribution in [3.8, 4) is 11.5 Å². The first kappa shape index (κ1) is 38.8. The van der Waals surface area contributed by atoms with Gasteiger partial charge in [0.15, 0.2) is 17.8 Å². The Morgan fingerprint density at radius 2 is 1.76 bits per heavy atom. The number of amides is 2. The Balaban J connectivity index is 1.32. The van der Waals surface area contributed by atoms with E-state index in [1.54, 1.807) is 6.07 Å². The van der Waals surface area contributed by atoms with Crippen molar-refractivity contribution in [3.05, 3.63) is 54.1 Å². The molecular formula is C37H53N3O10S. The molecule has 0 radical (unpaired) electrons. The molecule has 2 aromatic rings. The third kappa shape index (κ3) is 10.3. The molecule has 282 valence electrons. The molecule has 0 aromatic heterocycles. The zero-order valence-corrected chi connectivity index (χ0v) is 31.1. The van der Waals surface area contributed by atoms with E-state index >= 15 is 0 Å². The van der Waals surface area contributed by atoms with Gasteiger partial charge in [0.1, 0.15) is 6.10 Å². The van der Waals surface area contributed by atoms with Crippen molar-refractivity contribution in [2.24, 2.45) is 16.7 Å². The maximum absolute atomic E-state index is 14.4. The Bertz CT molecular complexity index is 1600. The van der Waals surface area contributed by atoms with Crippen LogP contribution in [0.15, 0.2) is 53.4 Å². The van der Waals surface area contributed by atoms with Gasteiger partial charge in [-0.15, -0.1) is 0 Å². The van der Waals surface area contributed by atoms with Crippen LogP contribution in [-0.2, 0) is 35.4 Å². The van der Waals surface area contributed by atoms with Crippen molar-refractivity contribution >= 4 is 22.0 Å². The van der Waals surface area contributed by atoms with Gasteiger partial charge in [0.2, 0.25) is 22.7 Å². The maximum Gasteiger partial charge on any atom is 0.407 e. The molecule has 0 bridgehead atoms. The maximum atomic E-state index is 14.4. The van der Waals surface area contributed by atoms with Crippen LogP contribution >= 0.6 is 0 Å². The monoisotopic (exact) mass is 731 g/mol. The highest BCUT2D eigenvalue weighted by atomic mass is 32.2. The number of sulfonamides is 1. The summed E-state index contributed by atoms with van der Waals surface area (Å²) in [7, 11) is -4.17. The fraction of sp³-hybridized carbons (Fsp3) is 0.622. The largest absolute Gasteiger partial charge is 0.454 e. The summed E-state index contributed by atoms with van der Waals surface area (Å²) in [6.45, 7) is 10.6. The van der Waals surface area contributed by atoms with Crippen molar-refractivity contribution in [1.29, 1.82) is 0 Å². The van der Waals surface area contributed by atoms with E-state index in [2.05, 4.69) is 10.6 Å². The summed E-state index contributed by atoms with van der Waals surface area (Å²) < 4.78 is 57.8. The predicted octanol–water partition coefficient (Wildman–Crippen LogP) is 4.22. The van der Waals surface area contributed by atoms with Gasteiger partial charge in [-0.05, 0) is 48.8 Å². The number of ether oxygens (including phenoxy) is 5. The summed E-state index contributed by atoms with van der Waals surface area (Å²) in [5, 5.41) is 17.6. The number of nitrogens with one attached hydrogen (secondary N) is 2. The molecule has 3 aliphatic rings. The number of aliphatic hydroxyl groups is 1. The molecule has 3 heterocycles. The molecule has 0 unspecified atom stereocenters. The third-order valence-electron chi connectivity index (χ3n) is 9.53. The number of carbonyl (C=O) groups excluding carboxylic acids is 2. The highest BCUT2D eigenvalue weighted by Gasteiger charge is 2.44. The van der Waals surface area contributed by atoms with E-state index in [-0.39, 0.29) is 49.6 Å². The number of hydrogen-bond acceptors (Lipinski definition) is 10. The van der Waals surface area contributed by atoms with Gasteiger partial charge in [-0.3, -0.25) is 4.79 Å². The molecule has 5 rings (SSSR count). The van der Waals surface area contributed by atoms with Gasteiger partial charge in [0.25, 0.3) is 0 Å². The molecule has 14 heteroatoms. The SMILES string of the molecule is CC(C)(CCCCNC(=O)C(C)(C)C)CN(C[C@@H](O)[C@H](Cc1ccccc1)NC(=O)O[C@H]1CO[C@H]2OCC[C@H]21)S(=O)(=O)c1ccc2c(c1)OCO2. The lowest BCUT2D eigenvalue weighted by Crippen LogP contribution is -2.52. The van der Waals surface area contributed by atoms with Gasteiger partial charge in [0.05, 0.1) is 36.2 Å². The van der Waals surface area contributed by atoms with E-state index < -0.39 is 51.5 Å². The summed E-state index contributed by atoms with van der Waals surface area (Å²) in [6.07, 6.45) is 0.170. The second kappa shape index (κ2) is 16.5. The van der Waals surface area contributed by atoms with E-state index in [9.17, 15) is 23.1 Å². The predicted molar refractivity (Wildman–Crippen MR) is 189 cm³/mol. The fourth-order valence-electron chi connectivity index (χ4n) is 6.54. The first-order chi connectivity index (χ1) is 24.1. The van der Waals surface area contributed by atoms with Gasteiger partial charge in [-0.2, -0.15) is 4.31 Å². The minimum atomic E-state index is -4.17. The Labute approximate surface area is 301 Å². The molecule has 3 aliphatic heterocycles. The quantitative estimate of drug-likeness (QED) is 0.213. The second-order valence-corrected chi connectivity index (χ2v) is 17.4. The molecule has 0 spiro atoms. The Kier molecular flexibility index (Phi) is 12.5. The summed E-state index contributed by atoms with van der Waals surface area (Å²) in [5.74, 6) is 0.693. The number of carbonyl (C=O) groups is 2. The zero-order valence-electron chi connectivity index (χ0n) is 30.3. The van der Waals surface area contributed by atoms with Crippen LogP contribution in [0.2, 0.25) is 0 Å². The molecule has 2 saturated heterocycles. The zero-order chi connectivity index (χ0) is 36.8. The number of fused-ring (bicyclic) bond motifs is 2. The van der Waals surface area contributed by atoms with Crippen LogP contribution < -0.4 is 20.1 Å². The minimum Gasteiger partial charge on any atom is -0.454 e. The summed E-state index contributed by atoms with van der Waals surface area (Å²) in [4.78, 5) is 25.6. The standard InChI is InChI=1S/C37H53N3O10S/c1-36(2,3)34(42)38-17-10-9-16-37(4,5)23-40(51(44,45)26-13-14-30-31(20-26)49-24-48-30)21-29(41)28(19-25-11-7-6-8-12-25)39-35(43)50-32-22-47-33-27(32)15-18-46-33/h6-8,11-14,20,27-29,32-33,41H,9-10,15-19,21-24H2,1-5H3,(H,38,42)(H,39,43)/t27-,28-,29+,32-,33+/m0/s1. The first-order valence-electron chi connectivity index (χ1n) is 17.7. The topological polar surface area (TPSA) is 162 Å². The van der Waals surface area contributed by atoms with Crippen LogP contribution in [0.3, 0.4) is 0 Å². The lowest BCUT2D eigenvalue weighted by Gasteiger charge is -2.35.